The Balaban J connectivity index is 1.40. The summed E-state index contributed by atoms with van der Waals surface area (Å²) in [5.74, 6) is -6.71. The van der Waals surface area contributed by atoms with Gasteiger partial charge in [0.15, 0.2) is 11.4 Å². The number of fused-ring (bicyclic) bond motifs is 3. The lowest BCUT2D eigenvalue weighted by Gasteiger charge is -2.50. The van der Waals surface area contributed by atoms with E-state index in [4.69, 9.17) is 5.73 Å². The van der Waals surface area contributed by atoms with Crippen molar-refractivity contribution in [3.63, 3.8) is 0 Å². The SMILES string of the molecule is CN(C)[C@H]1C(O)=C(C(N)=O)C(=O)[C@]2(O)C(O)=C3C(=O)c4c(O)ccc(-c5ccc(CNc6ccccc6)cc5)c4C[C@@H]3C[C@H]12. The first kappa shape index (κ1) is 29.2. The Bertz CT molecular complexity index is 1760. The van der Waals surface area contributed by atoms with Crippen LogP contribution in [0.25, 0.3) is 11.1 Å². The first-order valence-corrected chi connectivity index (χ1v) is 14.3. The van der Waals surface area contributed by atoms with Gasteiger partial charge in [-0.15, -0.1) is 0 Å². The molecule has 0 aliphatic heterocycles. The van der Waals surface area contributed by atoms with Crippen LogP contribution in [0.4, 0.5) is 5.69 Å². The van der Waals surface area contributed by atoms with Crippen molar-refractivity contribution in [1.29, 1.82) is 0 Å². The highest BCUT2D eigenvalue weighted by Crippen LogP contribution is 2.53. The number of para-hydroxylation sites is 1. The number of rotatable bonds is 6. The molecule has 10 heteroatoms. The largest absolute Gasteiger partial charge is 0.510 e. The number of anilines is 1. The van der Waals surface area contributed by atoms with Crippen LogP contribution in [0, 0.1) is 11.8 Å². The number of benzene rings is 3. The van der Waals surface area contributed by atoms with Crippen molar-refractivity contribution in [3.05, 3.63) is 106 Å². The predicted octanol–water partition coefficient (Wildman–Crippen LogP) is 3.40. The number of amides is 1. The number of carbonyl (C=O) groups excluding carboxylic acids is 3. The summed E-state index contributed by atoms with van der Waals surface area (Å²) < 4.78 is 0. The fraction of sp³-hybridized carbons (Fsp3) is 0.265. The second-order valence-corrected chi connectivity index (χ2v) is 11.9. The van der Waals surface area contributed by atoms with Crippen LogP contribution in [0.15, 0.2) is 89.4 Å². The minimum absolute atomic E-state index is 0.0156. The van der Waals surface area contributed by atoms with Crippen LogP contribution in [0.1, 0.15) is 27.9 Å². The Morgan fingerprint density at radius 2 is 1.68 bits per heavy atom. The molecule has 0 radical (unpaired) electrons. The van der Waals surface area contributed by atoms with E-state index in [-0.39, 0.29) is 29.7 Å². The highest BCUT2D eigenvalue weighted by Gasteiger charge is 2.63. The van der Waals surface area contributed by atoms with Gasteiger partial charge >= 0.3 is 0 Å². The van der Waals surface area contributed by atoms with Crippen molar-refractivity contribution in [2.45, 2.75) is 31.0 Å². The average molecular weight is 596 g/mol. The molecule has 0 bridgehead atoms. The van der Waals surface area contributed by atoms with Crippen LogP contribution in [0.3, 0.4) is 0 Å². The molecule has 4 atom stereocenters. The summed E-state index contributed by atoms with van der Waals surface area (Å²) in [4.78, 5) is 41.1. The minimum atomic E-state index is -2.67. The maximum absolute atomic E-state index is 14.0. The van der Waals surface area contributed by atoms with Crippen LogP contribution >= 0.6 is 0 Å². The minimum Gasteiger partial charge on any atom is -0.510 e. The molecule has 0 fully saturated rings. The van der Waals surface area contributed by atoms with Gasteiger partial charge in [-0.05, 0) is 73.3 Å². The molecule has 3 aliphatic carbocycles. The number of nitrogens with one attached hydrogen (secondary N) is 1. The molecular weight excluding hydrogens is 562 g/mol. The molecule has 3 aromatic rings. The van der Waals surface area contributed by atoms with Gasteiger partial charge in [0.05, 0.1) is 11.6 Å². The van der Waals surface area contributed by atoms with E-state index < -0.39 is 58.0 Å². The third-order valence-corrected chi connectivity index (χ3v) is 9.14. The highest BCUT2D eigenvalue weighted by molar-refractivity contribution is 6.24. The quantitative estimate of drug-likeness (QED) is 0.234. The number of primary amides is 1. The molecule has 0 saturated carbocycles. The molecule has 3 aliphatic rings. The number of aromatic hydroxyl groups is 1. The number of nitrogens with two attached hydrogens (primary N) is 1. The van der Waals surface area contributed by atoms with Gasteiger partial charge in [0, 0.05) is 23.7 Å². The first-order valence-electron chi connectivity index (χ1n) is 14.3. The first-order chi connectivity index (χ1) is 20.9. The van der Waals surface area contributed by atoms with E-state index in [1.807, 2.05) is 54.6 Å². The lowest BCUT2D eigenvalue weighted by Crippen LogP contribution is -2.63. The topological polar surface area (TPSA) is 173 Å². The molecule has 1 amide bonds. The van der Waals surface area contributed by atoms with Crippen LogP contribution in [0.5, 0.6) is 5.75 Å². The van der Waals surface area contributed by atoms with E-state index in [1.54, 1.807) is 20.2 Å². The van der Waals surface area contributed by atoms with E-state index in [0.29, 0.717) is 12.1 Å². The molecule has 0 saturated heterocycles. The number of allylic oxidation sites excluding steroid dienone is 1. The van der Waals surface area contributed by atoms with Crippen LogP contribution < -0.4 is 11.1 Å². The second-order valence-electron chi connectivity index (χ2n) is 11.9. The number of likely N-dealkylation sites (N-methyl/N-ethyl adjacent to an activating group) is 1. The highest BCUT2D eigenvalue weighted by atomic mass is 16.3. The summed E-state index contributed by atoms with van der Waals surface area (Å²) in [6.07, 6.45) is 0.251. The normalized spacial score (nSPS) is 24.6. The van der Waals surface area contributed by atoms with E-state index in [0.717, 1.165) is 22.4 Å². The number of aliphatic hydroxyl groups excluding tert-OH is 2. The smallest absolute Gasteiger partial charge is 0.255 e. The molecule has 226 valence electrons. The molecule has 0 heterocycles. The van der Waals surface area contributed by atoms with Gasteiger partial charge in [-0.3, -0.25) is 19.3 Å². The fourth-order valence-electron chi connectivity index (χ4n) is 7.08. The maximum Gasteiger partial charge on any atom is 0.255 e. The molecule has 0 spiro atoms. The second kappa shape index (κ2) is 10.7. The molecule has 0 unspecified atom stereocenters. The average Bonchev–Trinajstić information content (AvgIpc) is 2.98. The van der Waals surface area contributed by atoms with Crippen LogP contribution in [-0.2, 0) is 22.6 Å². The standard InChI is InChI=1S/C34H33N3O7/c1-37(2)28-23-15-19-14-22-21(18-10-8-17(9-11-18)16-36-20-6-4-3-5-7-20)12-13-24(38)26(22)29(39)25(19)31(41)34(23,44)32(42)27(30(28)40)33(35)43/h3-13,19,23,28,36,38,40-41,44H,14-16H2,1-2H3,(H2,35,43)/t19-,23-,28-,34-/m1/s1. The number of aliphatic hydroxyl groups is 3. The Morgan fingerprint density at radius 1 is 1.00 bits per heavy atom. The van der Waals surface area contributed by atoms with Crippen LogP contribution in [-0.4, -0.2) is 68.5 Å². The zero-order valence-corrected chi connectivity index (χ0v) is 24.2. The van der Waals surface area contributed by atoms with Crippen molar-refractivity contribution in [3.8, 4) is 16.9 Å². The summed E-state index contributed by atoms with van der Waals surface area (Å²) in [6, 6.07) is 19.8. The summed E-state index contributed by atoms with van der Waals surface area (Å²) in [5.41, 5.74) is 5.89. The van der Waals surface area contributed by atoms with E-state index in [1.165, 1.54) is 11.0 Å². The van der Waals surface area contributed by atoms with E-state index in [2.05, 4.69) is 5.32 Å². The van der Waals surface area contributed by atoms with Gasteiger partial charge in [0.1, 0.15) is 22.8 Å². The Hall–Kier alpha value is -4.93. The van der Waals surface area contributed by atoms with Crippen molar-refractivity contribution in [2.75, 3.05) is 19.4 Å². The molecule has 0 aromatic heterocycles. The van der Waals surface area contributed by atoms with Gasteiger partial charge < -0.3 is 31.5 Å². The van der Waals surface area contributed by atoms with Gasteiger partial charge in [0.2, 0.25) is 5.78 Å². The molecule has 7 N–H and O–H groups in total. The lowest BCUT2D eigenvalue weighted by molar-refractivity contribution is -0.148. The van der Waals surface area contributed by atoms with Gasteiger partial charge in [-0.25, -0.2) is 0 Å². The monoisotopic (exact) mass is 595 g/mol. The third-order valence-electron chi connectivity index (χ3n) is 9.14. The number of phenols is 1. The molecule has 10 nitrogen and oxygen atoms in total. The predicted molar refractivity (Wildman–Crippen MR) is 163 cm³/mol. The zero-order chi connectivity index (χ0) is 31.5. The Labute approximate surface area is 253 Å². The molecule has 6 rings (SSSR count). The number of nitrogens with zero attached hydrogens (tertiary/aromatic N) is 1. The van der Waals surface area contributed by atoms with Crippen LogP contribution in [0.2, 0.25) is 0 Å². The summed E-state index contributed by atoms with van der Waals surface area (Å²) in [5, 5.41) is 48.4. The maximum atomic E-state index is 14.0. The van der Waals surface area contributed by atoms with Gasteiger partial charge in [-0.2, -0.15) is 0 Å². The fourth-order valence-corrected chi connectivity index (χ4v) is 7.08. The molecule has 3 aromatic carbocycles. The lowest BCUT2D eigenvalue weighted by atomic mass is 9.58. The number of hydrogen-bond acceptors (Lipinski definition) is 9. The Morgan fingerprint density at radius 3 is 2.32 bits per heavy atom. The Kier molecular flexibility index (Phi) is 7.06. The number of ketones is 2. The van der Waals surface area contributed by atoms with Crippen molar-refractivity contribution >= 4 is 23.2 Å². The third kappa shape index (κ3) is 4.37. The van der Waals surface area contributed by atoms with Crippen molar-refractivity contribution in [2.24, 2.45) is 17.6 Å². The number of Topliss-reactive ketones (excluding diaryl/α,β-unsaturated/α-hetero) is 2. The van der Waals surface area contributed by atoms with E-state index >= 15 is 0 Å². The number of phenolic OH excluding ortho intramolecular Hbond substituents is 1. The number of carbonyl (C=O) groups is 3. The van der Waals surface area contributed by atoms with Gasteiger partial charge in [0.25, 0.3) is 5.91 Å². The van der Waals surface area contributed by atoms with Crippen molar-refractivity contribution < 1.29 is 34.8 Å². The summed E-state index contributed by atoms with van der Waals surface area (Å²) in [6.45, 7) is 0.612. The zero-order valence-electron chi connectivity index (χ0n) is 24.2. The van der Waals surface area contributed by atoms with E-state index in [9.17, 15) is 34.8 Å². The summed E-state index contributed by atoms with van der Waals surface area (Å²) in [7, 11) is 3.20. The molecule has 44 heavy (non-hydrogen) atoms. The molecular formula is C34H33N3O7. The summed E-state index contributed by atoms with van der Waals surface area (Å²) >= 11 is 0. The van der Waals surface area contributed by atoms with Crippen molar-refractivity contribution in [1.82, 2.24) is 4.90 Å². The van der Waals surface area contributed by atoms with Gasteiger partial charge in [-0.1, -0.05) is 48.5 Å². The number of hydrogen-bond donors (Lipinski definition) is 6.